The molecule has 2 aromatic carbocycles. The zero-order valence-corrected chi connectivity index (χ0v) is 26.9. The number of hydrogen-bond acceptors (Lipinski definition) is 7. The summed E-state index contributed by atoms with van der Waals surface area (Å²) in [6, 6.07) is 17.1. The van der Waals surface area contributed by atoms with Crippen LogP contribution in [0.15, 0.2) is 76.9 Å². The first-order valence-electron chi connectivity index (χ1n) is 15.9. The van der Waals surface area contributed by atoms with Crippen molar-refractivity contribution in [3.8, 4) is 0 Å². The molecule has 2 amide bonds. The van der Waals surface area contributed by atoms with Crippen molar-refractivity contribution < 1.29 is 9.59 Å². The van der Waals surface area contributed by atoms with E-state index in [0.717, 1.165) is 41.8 Å². The van der Waals surface area contributed by atoms with E-state index in [1.807, 2.05) is 65.3 Å². The van der Waals surface area contributed by atoms with Gasteiger partial charge < -0.3 is 21.3 Å². The number of pyridine rings is 1. The van der Waals surface area contributed by atoms with Crippen molar-refractivity contribution in [2.45, 2.75) is 26.2 Å². The van der Waals surface area contributed by atoms with Gasteiger partial charge in [0, 0.05) is 73.2 Å². The van der Waals surface area contributed by atoms with Crippen molar-refractivity contribution >= 4 is 46.6 Å². The van der Waals surface area contributed by atoms with Crippen molar-refractivity contribution in [3.05, 3.63) is 94.8 Å². The van der Waals surface area contributed by atoms with Crippen LogP contribution in [-0.4, -0.2) is 90.8 Å². The minimum atomic E-state index is -0.505. The molecule has 47 heavy (non-hydrogen) atoms. The van der Waals surface area contributed by atoms with Crippen molar-refractivity contribution in [2.24, 2.45) is 21.1 Å². The number of carbonyl (C=O) groups is 2. The second-order valence-corrected chi connectivity index (χ2v) is 12.6. The van der Waals surface area contributed by atoms with E-state index in [4.69, 9.17) is 16.9 Å². The lowest BCUT2D eigenvalue weighted by Gasteiger charge is -2.29. The molecular weight excluding hydrogens is 590 g/mol. The molecule has 1 aromatic heterocycles. The molecular formula is C36H41N9O2. The zero-order valence-electron chi connectivity index (χ0n) is 26.9. The molecule has 0 unspecified atom stereocenters. The van der Waals surface area contributed by atoms with Crippen LogP contribution in [0.3, 0.4) is 0 Å². The third-order valence-corrected chi connectivity index (χ3v) is 9.55. The molecule has 6 rings (SSSR count). The Morgan fingerprint density at radius 3 is 2.53 bits per heavy atom. The number of nitrogen functional groups attached to an aromatic ring is 1. The van der Waals surface area contributed by atoms with Crippen LogP contribution in [-0.2, 0) is 9.59 Å². The Kier molecular flexibility index (Phi) is 8.99. The van der Waals surface area contributed by atoms with Crippen LogP contribution >= 0.6 is 0 Å². The molecule has 3 aliphatic rings. The van der Waals surface area contributed by atoms with E-state index < -0.39 is 5.41 Å². The highest BCUT2D eigenvalue weighted by Gasteiger charge is 2.51. The Balaban J connectivity index is 1.05. The third-order valence-electron chi connectivity index (χ3n) is 9.55. The molecule has 1 atom stereocenters. The summed E-state index contributed by atoms with van der Waals surface area (Å²) in [5, 5.41) is 8.75. The van der Waals surface area contributed by atoms with Crippen LogP contribution in [0.5, 0.6) is 0 Å². The van der Waals surface area contributed by atoms with E-state index in [9.17, 15) is 9.59 Å². The molecule has 242 valence electrons. The summed E-state index contributed by atoms with van der Waals surface area (Å²) < 4.78 is 0. The number of rotatable bonds is 8. The molecule has 0 radical (unpaired) electrons. The maximum atomic E-state index is 13.9. The van der Waals surface area contributed by atoms with Crippen LogP contribution in [0, 0.1) is 17.7 Å². The number of nitrogens with zero attached hydrogens (tertiary/aromatic N) is 6. The number of benzene rings is 2. The normalized spacial score (nSPS) is 20.4. The molecule has 11 heteroatoms. The number of nitrogens with one attached hydrogen (secondary N) is 1. The summed E-state index contributed by atoms with van der Waals surface area (Å²) in [6.07, 6.45) is 7.45. The summed E-state index contributed by atoms with van der Waals surface area (Å²) in [5.74, 6) is 0.582. The molecule has 0 bridgehead atoms. The fourth-order valence-corrected chi connectivity index (χ4v) is 6.74. The molecule has 5 N–H and O–H groups in total. The SMILES string of the molecule is CN=CN=C(N)c1ccc(C2=CCN(C(=O)CN3CC[C@]4(CCN(c5ccc(N)c(C(=N)c6ccc(C)nc6)c5)C4=O)C3)CC2)cc1. The van der Waals surface area contributed by atoms with Gasteiger partial charge in [-0.25, -0.2) is 4.99 Å². The number of amides is 2. The largest absolute Gasteiger partial charge is 0.398 e. The highest BCUT2D eigenvalue weighted by Crippen LogP contribution is 2.43. The first kappa shape index (κ1) is 31.8. The van der Waals surface area contributed by atoms with E-state index in [-0.39, 0.29) is 17.5 Å². The average Bonchev–Trinajstić information content (AvgIpc) is 3.65. The number of aryl methyl sites for hydroxylation is 1. The number of hydrogen-bond donors (Lipinski definition) is 3. The standard InChI is InChI=1S/C36H41N9O2/c1-24-3-4-28(20-41-24)33(38)30-19-29(9-10-31(30)37)45-18-14-36(35(45)47)13-17-43(22-36)21-32(46)44-15-11-26(12-16-44)25-5-7-27(8-6-25)34(39)42-23-40-2/h3-11,19-20,23,38H,12-18,21-22,37H2,1-2H3,(H2,39,40,42)/t36-/m0/s1. The Morgan fingerprint density at radius 1 is 1.06 bits per heavy atom. The van der Waals surface area contributed by atoms with E-state index in [0.29, 0.717) is 61.9 Å². The van der Waals surface area contributed by atoms with Gasteiger partial charge in [-0.2, -0.15) is 0 Å². The lowest BCUT2D eigenvalue weighted by molar-refractivity contribution is -0.132. The lowest BCUT2D eigenvalue weighted by atomic mass is 9.85. The molecule has 2 fully saturated rings. The predicted molar refractivity (Wildman–Crippen MR) is 187 cm³/mol. The maximum absolute atomic E-state index is 13.9. The van der Waals surface area contributed by atoms with Gasteiger partial charge >= 0.3 is 0 Å². The van der Waals surface area contributed by atoms with Gasteiger partial charge in [-0.3, -0.25) is 29.9 Å². The second kappa shape index (κ2) is 13.3. The molecule has 2 saturated heterocycles. The number of carbonyl (C=O) groups excluding carboxylic acids is 2. The molecule has 0 aliphatic carbocycles. The van der Waals surface area contributed by atoms with Gasteiger partial charge in [0.25, 0.3) is 0 Å². The Bertz CT molecular complexity index is 1780. The van der Waals surface area contributed by atoms with Crippen molar-refractivity contribution in [1.29, 1.82) is 5.41 Å². The van der Waals surface area contributed by atoms with Crippen LogP contribution in [0.1, 0.15) is 47.2 Å². The number of likely N-dealkylation sites (tertiary alicyclic amines) is 1. The summed E-state index contributed by atoms with van der Waals surface area (Å²) in [5.41, 5.74) is 18.6. The molecule has 3 aromatic rings. The predicted octanol–water partition coefficient (Wildman–Crippen LogP) is 3.50. The smallest absolute Gasteiger partial charge is 0.237 e. The second-order valence-electron chi connectivity index (χ2n) is 12.6. The summed E-state index contributed by atoms with van der Waals surface area (Å²) in [6.45, 7) is 5.29. The van der Waals surface area contributed by atoms with Gasteiger partial charge in [0.15, 0.2) is 0 Å². The Hall–Kier alpha value is -5.16. The van der Waals surface area contributed by atoms with Crippen LogP contribution in [0.25, 0.3) is 5.57 Å². The van der Waals surface area contributed by atoms with Crippen LogP contribution < -0.4 is 16.4 Å². The zero-order chi connectivity index (χ0) is 33.1. The minimum absolute atomic E-state index is 0.0785. The van der Waals surface area contributed by atoms with E-state index in [2.05, 4.69) is 25.9 Å². The first-order valence-corrected chi connectivity index (χ1v) is 15.9. The Morgan fingerprint density at radius 2 is 1.83 bits per heavy atom. The number of amidine groups is 1. The minimum Gasteiger partial charge on any atom is -0.398 e. The van der Waals surface area contributed by atoms with Crippen LogP contribution in [0.2, 0.25) is 0 Å². The molecule has 1 spiro atoms. The average molecular weight is 632 g/mol. The molecule has 3 aliphatic heterocycles. The fourth-order valence-electron chi connectivity index (χ4n) is 6.74. The number of nitrogens with two attached hydrogens (primary N) is 2. The van der Waals surface area contributed by atoms with E-state index >= 15 is 0 Å². The maximum Gasteiger partial charge on any atom is 0.237 e. The summed E-state index contributed by atoms with van der Waals surface area (Å²) in [4.78, 5) is 45.3. The van der Waals surface area contributed by atoms with Gasteiger partial charge in [-0.15, -0.1) is 0 Å². The molecule has 11 nitrogen and oxygen atoms in total. The molecule has 0 saturated carbocycles. The first-order chi connectivity index (χ1) is 22.7. The fraction of sp³-hybridized carbons (Fsp3) is 0.333. The van der Waals surface area contributed by atoms with E-state index in [1.165, 1.54) is 11.9 Å². The monoisotopic (exact) mass is 631 g/mol. The summed E-state index contributed by atoms with van der Waals surface area (Å²) in [7, 11) is 1.65. The lowest BCUT2D eigenvalue weighted by Crippen LogP contribution is -2.43. The topological polar surface area (TPSA) is 157 Å². The highest BCUT2D eigenvalue weighted by molar-refractivity contribution is 6.14. The van der Waals surface area contributed by atoms with Crippen LogP contribution in [0.4, 0.5) is 11.4 Å². The van der Waals surface area contributed by atoms with Crippen molar-refractivity contribution in [1.82, 2.24) is 14.8 Å². The highest BCUT2D eigenvalue weighted by atomic mass is 16.2. The van der Waals surface area contributed by atoms with Gasteiger partial charge in [-0.05, 0) is 74.2 Å². The van der Waals surface area contributed by atoms with Crippen molar-refractivity contribution in [2.75, 3.05) is 56.9 Å². The van der Waals surface area contributed by atoms with Gasteiger partial charge in [0.05, 0.1) is 17.7 Å². The van der Waals surface area contributed by atoms with E-state index in [1.54, 1.807) is 19.3 Å². The Labute approximate surface area is 275 Å². The quantitative estimate of drug-likeness (QED) is 0.196. The van der Waals surface area contributed by atoms with Crippen molar-refractivity contribution in [3.63, 3.8) is 0 Å². The summed E-state index contributed by atoms with van der Waals surface area (Å²) >= 11 is 0. The number of aromatic nitrogens is 1. The molecule has 4 heterocycles. The number of aliphatic imine (C=N–C) groups is 2. The third kappa shape index (κ3) is 6.57. The number of anilines is 2. The van der Waals surface area contributed by atoms with Gasteiger partial charge in [0.1, 0.15) is 12.2 Å². The van der Waals surface area contributed by atoms with Gasteiger partial charge in [0.2, 0.25) is 11.8 Å². The van der Waals surface area contributed by atoms with Gasteiger partial charge in [-0.1, -0.05) is 30.3 Å².